The van der Waals surface area contributed by atoms with Crippen molar-refractivity contribution in [2.45, 2.75) is 12.5 Å². The molecule has 1 aliphatic carbocycles. The molecule has 0 atom stereocenters. The van der Waals surface area contributed by atoms with E-state index in [9.17, 15) is 9.59 Å². The van der Waals surface area contributed by atoms with E-state index in [0.29, 0.717) is 6.54 Å². The van der Waals surface area contributed by atoms with E-state index in [-0.39, 0.29) is 18.1 Å². The maximum atomic E-state index is 12.4. The van der Waals surface area contributed by atoms with Crippen LogP contribution in [0.4, 0.5) is 4.79 Å². The van der Waals surface area contributed by atoms with Crippen molar-refractivity contribution in [1.82, 2.24) is 5.32 Å². The normalized spacial score (nSPS) is 12.0. The topological polar surface area (TPSA) is 75.6 Å². The largest absolute Gasteiger partial charge is 0.478 e. The molecule has 4 aromatic rings. The molecule has 5 rings (SSSR count). The molecule has 0 aromatic heterocycles. The second-order valence-electron chi connectivity index (χ2n) is 8.26. The van der Waals surface area contributed by atoms with Gasteiger partial charge in [0, 0.05) is 12.5 Å². The lowest BCUT2D eigenvalue weighted by atomic mass is 9.98. The highest BCUT2D eigenvalue weighted by Gasteiger charge is 2.28. The van der Waals surface area contributed by atoms with Crippen molar-refractivity contribution in [3.05, 3.63) is 119 Å². The number of carboxylic acids is 1. The first-order valence-corrected chi connectivity index (χ1v) is 11.1. The number of carbonyl (C=O) groups is 2. The molecule has 4 aromatic carbocycles. The Hall–Kier alpha value is -4.38. The van der Waals surface area contributed by atoms with Crippen molar-refractivity contribution in [3.8, 4) is 22.3 Å². The fourth-order valence-corrected chi connectivity index (χ4v) is 4.44. The molecule has 0 heterocycles. The molecular formula is C29H23NO4. The Morgan fingerprint density at radius 1 is 0.735 bits per heavy atom. The number of aromatic carboxylic acids is 1. The number of alkyl carbamates (subject to hydrolysis) is 1. The second-order valence-corrected chi connectivity index (χ2v) is 8.26. The fraction of sp³-hybridized carbons (Fsp3) is 0.103. The average Bonchev–Trinajstić information content (AvgIpc) is 3.20. The number of carboxylic acid groups (broad SMARTS) is 1. The van der Waals surface area contributed by atoms with Crippen LogP contribution in [0.3, 0.4) is 0 Å². The minimum Gasteiger partial charge on any atom is -0.478 e. The first-order chi connectivity index (χ1) is 16.6. The summed E-state index contributed by atoms with van der Waals surface area (Å²) in [5, 5.41) is 11.9. The standard InChI is InChI=1S/C29H23NO4/c31-28(32)22-15-13-21(14-16-22)20-11-9-19(10-12-20)17-30-29(33)34-18-27-25-7-3-1-5-23(25)24-6-2-4-8-26(24)27/h1-16,27H,17-18H2,(H,30,33)(H,31,32). The molecule has 0 unspecified atom stereocenters. The second kappa shape index (κ2) is 9.24. The van der Waals surface area contributed by atoms with Crippen LogP contribution in [-0.4, -0.2) is 23.8 Å². The zero-order chi connectivity index (χ0) is 23.5. The lowest BCUT2D eigenvalue weighted by Crippen LogP contribution is -2.25. The quantitative estimate of drug-likeness (QED) is 0.373. The highest BCUT2D eigenvalue weighted by atomic mass is 16.5. The molecule has 168 valence electrons. The van der Waals surface area contributed by atoms with Gasteiger partial charge in [-0.25, -0.2) is 9.59 Å². The molecule has 0 spiro atoms. The van der Waals surface area contributed by atoms with Crippen molar-refractivity contribution in [1.29, 1.82) is 0 Å². The summed E-state index contributed by atoms with van der Waals surface area (Å²) in [6, 6.07) is 31.0. The number of fused-ring (bicyclic) bond motifs is 3. The number of carbonyl (C=O) groups excluding carboxylic acids is 1. The number of ether oxygens (including phenoxy) is 1. The van der Waals surface area contributed by atoms with Crippen molar-refractivity contribution >= 4 is 12.1 Å². The Labute approximate surface area is 197 Å². The summed E-state index contributed by atoms with van der Waals surface area (Å²) in [4.78, 5) is 23.4. The van der Waals surface area contributed by atoms with Crippen LogP contribution in [0.1, 0.15) is 33.0 Å². The van der Waals surface area contributed by atoms with Crippen molar-refractivity contribution in [2.24, 2.45) is 0 Å². The highest BCUT2D eigenvalue weighted by molar-refractivity contribution is 5.88. The first kappa shape index (κ1) is 21.5. The van der Waals surface area contributed by atoms with Crippen molar-refractivity contribution in [3.63, 3.8) is 0 Å². The van der Waals surface area contributed by atoms with Gasteiger partial charge in [0.25, 0.3) is 0 Å². The molecular weight excluding hydrogens is 426 g/mol. The Morgan fingerprint density at radius 3 is 1.82 bits per heavy atom. The number of benzene rings is 4. The van der Waals surface area contributed by atoms with Crippen LogP contribution in [0, 0.1) is 0 Å². The maximum absolute atomic E-state index is 12.4. The van der Waals surface area contributed by atoms with E-state index in [1.165, 1.54) is 22.3 Å². The van der Waals surface area contributed by atoms with Gasteiger partial charge in [0.2, 0.25) is 0 Å². The van der Waals surface area contributed by atoms with E-state index in [1.807, 2.05) is 48.5 Å². The van der Waals surface area contributed by atoms with Crippen LogP contribution in [0.25, 0.3) is 22.3 Å². The van der Waals surface area contributed by atoms with Gasteiger partial charge in [-0.1, -0.05) is 84.9 Å². The summed E-state index contributed by atoms with van der Waals surface area (Å²) in [6.07, 6.45) is -0.449. The summed E-state index contributed by atoms with van der Waals surface area (Å²) in [5.41, 5.74) is 7.87. The summed E-state index contributed by atoms with van der Waals surface area (Å²) in [6.45, 7) is 0.639. The predicted octanol–water partition coefficient (Wildman–Crippen LogP) is 6.09. The Morgan fingerprint density at radius 2 is 1.26 bits per heavy atom. The summed E-state index contributed by atoms with van der Waals surface area (Å²) < 4.78 is 5.59. The van der Waals surface area contributed by atoms with Crippen LogP contribution < -0.4 is 5.32 Å². The van der Waals surface area contributed by atoms with Gasteiger partial charge in [0.05, 0.1) is 5.56 Å². The average molecular weight is 450 g/mol. The van der Waals surface area contributed by atoms with Crippen LogP contribution in [0.5, 0.6) is 0 Å². The SMILES string of the molecule is O=C(NCc1ccc(-c2ccc(C(=O)O)cc2)cc1)OCC1c2ccccc2-c2ccccc21. The molecule has 34 heavy (non-hydrogen) atoms. The van der Waals surface area contributed by atoms with Crippen LogP contribution >= 0.6 is 0 Å². The summed E-state index contributed by atoms with van der Waals surface area (Å²) in [7, 11) is 0. The van der Waals surface area contributed by atoms with E-state index >= 15 is 0 Å². The van der Waals surface area contributed by atoms with E-state index in [4.69, 9.17) is 9.84 Å². The Balaban J connectivity index is 1.18. The van der Waals surface area contributed by atoms with Crippen molar-refractivity contribution < 1.29 is 19.4 Å². The van der Waals surface area contributed by atoms with Gasteiger partial charge in [-0.3, -0.25) is 0 Å². The third-order valence-corrected chi connectivity index (χ3v) is 6.20. The fourth-order valence-electron chi connectivity index (χ4n) is 4.44. The minimum atomic E-state index is -0.943. The number of hydrogen-bond donors (Lipinski definition) is 2. The smallest absolute Gasteiger partial charge is 0.407 e. The van der Waals surface area contributed by atoms with Gasteiger partial charge in [-0.05, 0) is 51.1 Å². The predicted molar refractivity (Wildman–Crippen MR) is 131 cm³/mol. The number of amides is 1. The van der Waals surface area contributed by atoms with Gasteiger partial charge < -0.3 is 15.2 Å². The maximum Gasteiger partial charge on any atom is 0.407 e. The monoisotopic (exact) mass is 449 g/mol. The first-order valence-electron chi connectivity index (χ1n) is 11.1. The summed E-state index contributed by atoms with van der Waals surface area (Å²) >= 11 is 0. The molecule has 0 saturated heterocycles. The Kier molecular flexibility index (Phi) is 5.83. The van der Waals surface area contributed by atoms with Gasteiger partial charge in [0.15, 0.2) is 0 Å². The summed E-state index contributed by atoms with van der Waals surface area (Å²) in [5.74, 6) is -0.911. The lowest BCUT2D eigenvalue weighted by molar-refractivity contribution is 0.0697. The molecule has 0 fully saturated rings. The highest BCUT2D eigenvalue weighted by Crippen LogP contribution is 2.44. The molecule has 2 N–H and O–H groups in total. The zero-order valence-corrected chi connectivity index (χ0v) is 18.4. The van der Waals surface area contributed by atoms with E-state index in [2.05, 4.69) is 29.6 Å². The van der Waals surface area contributed by atoms with Crippen LogP contribution in [-0.2, 0) is 11.3 Å². The molecule has 0 saturated carbocycles. The van der Waals surface area contributed by atoms with E-state index in [0.717, 1.165) is 16.7 Å². The minimum absolute atomic E-state index is 0.0324. The van der Waals surface area contributed by atoms with Gasteiger partial charge in [-0.15, -0.1) is 0 Å². The number of hydrogen-bond acceptors (Lipinski definition) is 3. The van der Waals surface area contributed by atoms with E-state index < -0.39 is 12.1 Å². The molecule has 1 amide bonds. The third-order valence-electron chi connectivity index (χ3n) is 6.20. The van der Waals surface area contributed by atoms with Crippen LogP contribution in [0.2, 0.25) is 0 Å². The van der Waals surface area contributed by atoms with Crippen LogP contribution in [0.15, 0.2) is 97.1 Å². The lowest BCUT2D eigenvalue weighted by Gasteiger charge is -2.14. The molecule has 0 bridgehead atoms. The van der Waals surface area contributed by atoms with Gasteiger partial charge in [-0.2, -0.15) is 0 Å². The van der Waals surface area contributed by atoms with E-state index in [1.54, 1.807) is 24.3 Å². The molecule has 5 heteroatoms. The van der Waals surface area contributed by atoms with Crippen molar-refractivity contribution in [2.75, 3.05) is 6.61 Å². The molecule has 1 aliphatic rings. The van der Waals surface area contributed by atoms with Gasteiger partial charge >= 0.3 is 12.1 Å². The Bertz CT molecular complexity index is 1300. The van der Waals surface area contributed by atoms with Gasteiger partial charge in [0.1, 0.15) is 6.61 Å². The number of nitrogens with one attached hydrogen (secondary N) is 1. The third kappa shape index (κ3) is 4.28. The molecule has 0 aliphatic heterocycles. The number of rotatable bonds is 6. The molecule has 5 nitrogen and oxygen atoms in total. The zero-order valence-electron chi connectivity index (χ0n) is 18.4. The molecule has 0 radical (unpaired) electrons.